The van der Waals surface area contributed by atoms with Crippen molar-refractivity contribution in [2.45, 2.75) is 43.9 Å². The van der Waals surface area contributed by atoms with Gasteiger partial charge in [0.1, 0.15) is 10.6 Å². The Hall–Kier alpha value is -2.66. The second kappa shape index (κ2) is 9.90. The molecule has 0 saturated carbocycles. The molecule has 0 amide bonds. The van der Waals surface area contributed by atoms with Gasteiger partial charge in [0, 0.05) is 21.5 Å². The molecule has 0 fully saturated rings. The minimum atomic E-state index is -0.0774. The fourth-order valence-electron chi connectivity index (χ4n) is 4.65. The van der Waals surface area contributed by atoms with E-state index in [0.29, 0.717) is 18.3 Å². The minimum Gasteiger partial charge on any atom is -0.497 e. The van der Waals surface area contributed by atoms with Gasteiger partial charge in [0.15, 0.2) is 5.16 Å². The van der Waals surface area contributed by atoms with Gasteiger partial charge in [-0.1, -0.05) is 53.7 Å². The number of hydrogen-bond acceptors (Lipinski definition) is 7. The van der Waals surface area contributed by atoms with Crippen LogP contribution in [0.3, 0.4) is 0 Å². The molecule has 190 valence electrons. The van der Waals surface area contributed by atoms with Gasteiger partial charge < -0.3 is 9.47 Å². The lowest BCUT2D eigenvalue weighted by Gasteiger charge is -2.26. The summed E-state index contributed by atoms with van der Waals surface area (Å²) < 4.78 is 16.2. The van der Waals surface area contributed by atoms with Gasteiger partial charge in [0.25, 0.3) is 5.56 Å². The number of halogens is 1. The summed E-state index contributed by atoms with van der Waals surface area (Å²) in [7, 11) is 1.63. The smallest absolute Gasteiger partial charge is 0.268 e. The Morgan fingerprint density at radius 1 is 1.16 bits per heavy atom. The topological polar surface area (TPSA) is 70.7 Å². The molecular weight excluding hydrogens is 572 g/mol. The van der Waals surface area contributed by atoms with Crippen LogP contribution in [0.2, 0.25) is 0 Å². The summed E-state index contributed by atoms with van der Waals surface area (Å²) in [5.41, 5.74) is 2.92. The van der Waals surface area contributed by atoms with E-state index in [1.165, 1.54) is 5.56 Å². The maximum absolute atomic E-state index is 14.1. The molecule has 37 heavy (non-hydrogen) atoms. The minimum absolute atomic E-state index is 0.0774. The second-order valence-corrected chi connectivity index (χ2v) is 12.3. The van der Waals surface area contributed by atoms with Crippen LogP contribution in [0.25, 0.3) is 21.7 Å². The van der Waals surface area contributed by atoms with E-state index in [4.69, 9.17) is 9.47 Å². The van der Waals surface area contributed by atoms with Crippen molar-refractivity contribution in [3.63, 3.8) is 0 Å². The van der Waals surface area contributed by atoms with E-state index in [-0.39, 0.29) is 11.7 Å². The zero-order valence-corrected chi connectivity index (χ0v) is 23.8. The highest BCUT2D eigenvalue weighted by Crippen LogP contribution is 2.38. The van der Waals surface area contributed by atoms with Crippen LogP contribution in [0.4, 0.5) is 0 Å². The highest BCUT2D eigenvalue weighted by Gasteiger charge is 2.30. The lowest BCUT2D eigenvalue weighted by molar-refractivity contribution is 0.00200. The Balaban J connectivity index is 1.56. The average Bonchev–Trinajstić information content (AvgIpc) is 3.50. The molecule has 2 aromatic carbocycles. The number of thiophene rings is 1. The van der Waals surface area contributed by atoms with E-state index in [1.54, 1.807) is 34.8 Å². The van der Waals surface area contributed by atoms with Crippen molar-refractivity contribution in [1.82, 2.24) is 19.2 Å². The summed E-state index contributed by atoms with van der Waals surface area (Å²) in [6.45, 7) is 4.84. The highest BCUT2D eigenvalue weighted by molar-refractivity contribution is 9.10. The van der Waals surface area contributed by atoms with Gasteiger partial charge in [-0.15, -0.1) is 21.5 Å². The van der Waals surface area contributed by atoms with E-state index in [9.17, 15) is 4.79 Å². The molecule has 0 aliphatic carbocycles. The van der Waals surface area contributed by atoms with Crippen LogP contribution in [0, 0.1) is 5.92 Å². The van der Waals surface area contributed by atoms with Crippen LogP contribution in [-0.4, -0.2) is 32.4 Å². The van der Waals surface area contributed by atoms with Gasteiger partial charge >= 0.3 is 0 Å². The molecule has 1 aliphatic heterocycles. The normalized spacial score (nSPS) is 15.5. The molecule has 0 saturated heterocycles. The molecule has 10 heteroatoms. The van der Waals surface area contributed by atoms with E-state index in [0.717, 1.165) is 53.9 Å². The first-order chi connectivity index (χ1) is 17.9. The molecule has 1 atom stereocenters. The molecule has 0 spiro atoms. The molecule has 6 rings (SSSR count). The Morgan fingerprint density at radius 2 is 1.92 bits per heavy atom. The molecular formula is C27H25BrN4O3S2. The van der Waals surface area contributed by atoms with E-state index in [2.05, 4.69) is 52.1 Å². The molecule has 0 bridgehead atoms. The van der Waals surface area contributed by atoms with Crippen molar-refractivity contribution >= 4 is 55.0 Å². The number of thioether (sulfide) groups is 1. The quantitative estimate of drug-likeness (QED) is 0.216. The number of ether oxygens (including phenoxy) is 2. The van der Waals surface area contributed by atoms with Crippen LogP contribution in [0.15, 0.2) is 63.0 Å². The van der Waals surface area contributed by atoms with Crippen LogP contribution in [-0.2, 0) is 23.5 Å². The van der Waals surface area contributed by atoms with Crippen LogP contribution in [0.5, 0.6) is 5.75 Å². The lowest BCUT2D eigenvalue weighted by Crippen LogP contribution is -2.28. The number of hydrogen-bond donors (Lipinski definition) is 0. The van der Waals surface area contributed by atoms with Crippen molar-refractivity contribution in [1.29, 1.82) is 0 Å². The summed E-state index contributed by atoms with van der Waals surface area (Å²) in [5.74, 6) is 2.33. The van der Waals surface area contributed by atoms with Crippen molar-refractivity contribution in [2.75, 3.05) is 7.11 Å². The first kappa shape index (κ1) is 24.7. The SMILES string of the molecule is COc1ccc(-n2c(=O)c3c4c(sc3n3c(SCc5ccc(Br)cc5)nnc23)CO[C@H](C(C)C)C4)cc1. The third-order valence-corrected chi connectivity index (χ3v) is 9.42. The number of methoxy groups -OCH3 is 1. The van der Waals surface area contributed by atoms with Gasteiger partial charge in [-0.2, -0.15) is 0 Å². The maximum Gasteiger partial charge on any atom is 0.268 e. The summed E-state index contributed by atoms with van der Waals surface area (Å²) >= 11 is 6.73. The number of benzene rings is 2. The third kappa shape index (κ3) is 4.39. The fraction of sp³-hybridized carbons (Fsp3) is 0.296. The molecule has 1 aliphatic rings. The van der Waals surface area contributed by atoms with E-state index in [1.807, 2.05) is 40.8 Å². The maximum atomic E-state index is 14.1. The molecule has 7 nitrogen and oxygen atoms in total. The molecule has 0 N–H and O–H groups in total. The fourth-order valence-corrected chi connectivity index (χ4v) is 7.10. The van der Waals surface area contributed by atoms with Crippen LogP contribution >= 0.6 is 39.0 Å². The van der Waals surface area contributed by atoms with Crippen molar-refractivity contribution in [3.8, 4) is 11.4 Å². The van der Waals surface area contributed by atoms with Gasteiger partial charge in [-0.25, -0.2) is 8.97 Å². The second-order valence-electron chi connectivity index (χ2n) is 9.35. The zero-order chi connectivity index (χ0) is 25.7. The summed E-state index contributed by atoms with van der Waals surface area (Å²) in [6.07, 6.45) is 0.807. The molecule has 0 radical (unpaired) electrons. The Labute approximate surface area is 230 Å². The van der Waals surface area contributed by atoms with Crippen LogP contribution < -0.4 is 10.3 Å². The Bertz CT molecular complexity index is 1660. The standard InChI is InChI=1S/C27H25BrN4O3S2/c1-15(2)21-12-20-22(13-35-21)37-25-23(20)24(33)31(18-8-10-19(34-3)11-9-18)26-29-30-27(32(25)26)36-14-16-4-6-17(28)7-5-16/h4-11,15,21H,12-14H2,1-3H3/t21-/m0/s1. The molecule has 0 unspecified atom stereocenters. The summed E-state index contributed by atoms with van der Waals surface area (Å²) in [4.78, 5) is 16.1. The Morgan fingerprint density at radius 3 is 2.62 bits per heavy atom. The van der Waals surface area contributed by atoms with Gasteiger partial charge in [0.05, 0.1) is 30.9 Å². The first-order valence-electron chi connectivity index (χ1n) is 12.0. The summed E-state index contributed by atoms with van der Waals surface area (Å²) in [5, 5.41) is 10.6. The zero-order valence-electron chi connectivity index (χ0n) is 20.6. The first-order valence-corrected chi connectivity index (χ1v) is 14.6. The van der Waals surface area contributed by atoms with Gasteiger partial charge in [-0.3, -0.25) is 4.79 Å². The average molecular weight is 598 g/mol. The molecule has 3 aromatic heterocycles. The third-order valence-electron chi connectivity index (χ3n) is 6.70. The van der Waals surface area contributed by atoms with Gasteiger partial charge in [-0.05, 0) is 53.4 Å². The van der Waals surface area contributed by atoms with E-state index >= 15 is 0 Å². The number of aromatic nitrogens is 4. The molecule has 4 heterocycles. The van der Waals surface area contributed by atoms with Crippen molar-refractivity contribution < 1.29 is 9.47 Å². The number of nitrogens with zero attached hydrogens (tertiary/aromatic N) is 4. The largest absolute Gasteiger partial charge is 0.497 e. The van der Waals surface area contributed by atoms with Crippen LogP contribution in [0.1, 0.15) is 29.9 Å². The highest BCUT2D eigenvalue weighted by atomic mass is 79.9. The van der Waals surface area contributed by atoms with Crippen molar-refractivity contribution in [2.24, 2.45) is 5.92 Å². The van der Waals surface area contributed by atoms with E-state index < -0.39 is 0 Å². The number of rotatable bonds is 6. The monoisotopic (exact) mass is 596 g/mol. The molecule has 5 aromatic rings. The number of fused-ring (bicyclic) bond motifs is 5. The Kier molecular flexibility index (Phi) is 6.60. The van der Waals surface area contributed by atoms with Gasteiger partial charge in [0.2, 0.25) is 5.78 Å². The van der Waals surface area contributed by atoms with Crippen molar-refractivity contribution in [3.05, 3.63) is 79.4 Å². The lowest BCUT2D eigenvalue weighted by atomic mass is 9.96. The predicted octanol–water partition coefficient (Wildman–Crippen LogP) is 6.26. The summed E-state index contributed by atoms with van der Waals surface area (Å²) in [6, 6.07) is 15.7. The predicted molar refractivity (Wildman–Crippen MR) is 151 cm³/mol.